The number of aromatic nitrogens is 4. The van der Waals surface area contributed by atoms with Crippen molar-refractivity contribution in [3.8, 4) is 12.3 Å². The Morgan fingerprint density at radius 3 is 2.67 bits per heavy atom. The van der Waals surface area contributed by atoms with Gasteiger partial charge in [0.15, 0.2) is 22.6 Å². The zero-order valence-electron chi connectivity index (χ0n) is 31.5. The smallest absolute Gasteiger partial charge is 0.431 e. The van der Waals surface area contributed by atoms with Gasteiger partial charge in [0, 0.05) is 6.42 Å². The van der Waals surface area contributed by atoms with Crippen molar-refractivity contribution in [3.05, 3.63) is 24.1 Å². The molecule has 0 spiro atoms. The Kier molecular flexibility index (Phi) is 9.69. The SMILES string of the molecule is C#C[C@@]1(COC(=O)O[C@H]2CC[C@@]3(C)C(=CC[C@H]4[C@@H]5CC[C@H]([C@H](C)CC[C@@H](C)C(C)C)[C@@]5(C)CC[C@@H]43)C2)CC[C@H](n2cnc3c(N)nc(F)nc32)O1. The number of nitrogens with zero attached hydrogens (tertiary/aromatic N) is 4. The Balaban J connectivity index is 0.939. The minimum Gasteiger partial charge on any atom is -0.431 e. The molecule has 9 nitrogen and oxygen atoms in total. The van der Waals surface area contributed by atoms with E-state index in [4.69, 9.17) is 26.4 Å². The molecule has 0 aromatic carbocycles. The number of ether oxygens (including phenoxy) is 3. The molecule has 51 heavy (non-hydrogen) atoms. The maximum absolute atomic E-state index is 13.9. The second-order valence-electron chi connectivity index (χ2n) is 17.7. The summed E-state index contributed by atoms with van der Waals surface area (Å²) in [5, 5.41) is 0. The van der Waals surface area contributed by atoms with Crippen molar-refractivity contribution >= 4 is 23.1 Å². The van der Waals surface area contributed by atoms with Gasteiger partial charge in [-0.1, -0.05) is 72.0 Å². The molecule has 10 heteroatoms. The van der Waals surface area contributed by atoms with Crippen LogP contribution in [0.5, 0.6) is 0 Å². The van der Waals surface area contributed by atoms with E-state index < -0.39 is 24.1 Å². The number of carbonyl (C=O) groups excluding carboxylic acids is 1. The van der Waals surface area contributed by atoms with E-state index in [0.717, 1.165) is 61.2 Å². The molecule has 0 radical (unpaired) electrons. The molecule has 5 aliphatic rings. The Hall–Kier alpha value is -3.19. The first-order chi connectivity index (χ1) is 24.3. The van der Waals surface area contributed by atoms with Gasteiger partial charge in [0.2, 0.25) is 0 Å². The molecule has 0 bridgehead atoms. The fourth-order valence-electron chi connectivity index (χ4n) is 11.4. The first kappa shape index (κ1) is 36.2. The highest BCUT2D eigenvalue weighted by atomic mass is 19.1. The summed E-state index contributed by atoms with van der Waals surface area (Å²) < 4.78 is 33.2. The number of carbonyl (C=O) groups is 1. The van der Waals surface area contributed by atoms with Gasteiger partial charge in [0.25, 0.3) is 0 Å². The van der Waals surface area contributed by atoms with Gasteiger partial charge in [-0.15, -0.1) is 6.42 Å². The molecular formula is C41H58FN5O4. The van der Waals surface area contributed by atoms with Crippen LogP contribution in [0.15, 0.2) is 18.0 Å². The van der Waals surface area contributed by atoms with E-state index in [9.17, 15) is 9.18 Å². The zero-order valence-corrected chi connectivity index (χ0v) is 31.5. The van der Waals surface area contributed by atoms with Crippen molar-refractivity contribution in [1.29, 1.82) is 0 Å². The van der Waals surface area contributed by atoms with E-state index in [-0.39, 0.29) is 35.1 Å². The van der Waals surface area contributed by atoms with Crippen LogP contribution in [0.25, 0.3) is 11.2 Å². The molecule has 2 N–H and O–H groups in total. The number of nitrogen functional groups attached to an aromatic ring is 1. The van der Waals surface area contributed by atoms with Crippen molar-refractivity contribution in [2.75, 3.05) is 12.3 Å². The Labute approximate surface area is 303 Å². The van der Waals surface area contributed by atoms with Crippen molar-refractivity contribution < 1.29 is 23.4 Å². The van der Waals surface area contributed by atoms with Crippen LogP contribution in [-0.4, -0.2) is 44.0 Å². The van der Waals surface area contributed by atoms with Crippen LogP contribution in [0.2, 0.25) is 0 Å². The van der Waals surface area contributed by atoms with E-state index >= 15 is 0 Å². The number of anilines is 1. The van der Waals surface area contributed by atoms with Gasteiger partial charge in [-0.2, -0.15) is 14.4 Å². The third kappa shape index (κ3) is 6.44. The molecule has 7 rings (SSSR count). The van der Waals surface area contributed by atoms with E-state index in [1.807, 2.05) is 0 Å². The standard InChI is InChI=1S/C41H58FN5O4/c1-8-41(20-17-33(51-41)47-23-44-34-35(43)45-37(42)46-36(34)47)22-49-38(48)50-28-15-18-39(6)27(21-28)11-12-29-31-14-13-30(40(31,7)19-16-32(29)39)26(5)10-9-25(4)24(2)3/h1,11,23-26,28-33H,9-10,12-22H2,2-7H3,(H2,43,45,46)/t25-,26-,28+,29+,30-,31+,32+,33-,39+,40-,41+/m1/s1. The number of hydrogen-bond acceptors (Lipinski definition) is 8. The van der Waals surface area contributed by atoms with Crippen molar-refractivity contribution in [1.82, 2.24) is 19.5 Å². The lowest BCUT2D eigenvalue weighted by atomic mass is 9.47. The van der Waals surface area contributed by atoms with Gasteiger partial charge in [0.1, 0.15) is 18.9 Å². The Morgan fingerprint density at radius 1 is 1.10 bits per heavy atom. The van der Waals surface area contributed by atoms with Gasteiger partial charge in [-0.05, 0) is 110 Å². The number of imidazole rings is 1. The topological polar surface area (TPSA) is 114 Å². The fraction of sp³-hybridized carbons (Fsp3) is 0.756. The molecular weight excluding hydrogens is 645 g/mol. The van der Waals surface area contributed by atoms with Crippen LogP contribution < -0.4 is 5.73 Å². The summed E-state index contributed by atoms with van der Waals surface area (Å²) in [6, 6.07) is 0. The maximum Gasteiger partial charge on any atom is 0.508 e. The first-order valence-corrected chi connectivity index (χ1v) is 19.6. The average molecular weight is 704 g/mol. The van der Waals surface area contributed by atoms with Gasteiger partial charge in [-0.25, -0.2) is 9.78 Å². The summed E-state index contributed by atoms with van der Waals surface area (Å²) in [4.78, 5) is 24.6. The van der Waals surface area contributed by atoms with Crippen LogP contribution in [0, 0.1) is 70.7 Å². The summed E-state index contributed by atoms with van der Waals surface area (Å²) in [5.74, 6) is 8.10. The van der Waals surface area contributed by atoms with Crippen molar-refractivity contribution in [2.45, 2.75) is 137 Å². The maximum atomic E-state index is 13.9. The summed E-state index contributed by atoms with van der Waals surface area (Å²) >= 11 is 0. The molecule has 2 aromatic heterocycles. The minimum atomic E-state index is -1.15. The lowest BCUT2D eigenvalue weighted by Crippen LogP contribution is -2.51. The van der Waals surface area contributed by atoms with Crippen LogP contribution >= 0.6 is 0 Å². The molecule has 11 atom stereocenters. The van der Waals surface area contributed by atoms with Gasteiger partial charge in [0.05, 0.1) is 6.33 Å². The molecule has 1 aliphatic heterocycles. The third-order valence-electron chi connectivity index (χ3n) is 14.9. The monoisotopic (exact) mass is 703 g/mol. The van der Waals surface area contributed by atoms with Crippen LogP contribution in [-0.2, 0) is 14.2 Å². The first-order valence-electron chi connectivity index (χ1n) is 19.6. The molecule has 4 fully saturated rings. The van der Waals surface area contributed by atoms with E-state index in [1.54, 1.807) is 4.57 Å². The normalized spacial score (nSPS) is 37.2. The highest BCUT2D eigenvalue weighted by Gasteiger charge is 2.59. The molecule has 278 valence electrons. The average Bonchev–Trinajstić information content (AvgIpc) is 3.81. The van der Waals surface area contributed by atoms with E-state index in [1.165, 1.54) is 50.4 Å². The lowest BCUT2D eigenvalue weighted by molar-refractivity contribution is -0.0826. The van der Waals surface area contributed by atoms with Crippen LogP contribution in [0.1, 0.15) is 125 Å². The molecule has 3 saturated carbocycles. The van der Waals surface area contributed by atoms with Crippen molar-refractivity contribution in [3.63, 3.8) is 0 Å². The highest BCUT2D eigenvalue weighted by Crippen LogP contribution is 2.67. The number of halogens is 1. The number of rotatable bonds is 9. The summed E-state index contributed by atoms with van der Waals surface area (Å²) in [6.45, 7) is 14.7. The molecule has 4 aliphatic carbocycles. The fourth-order valence-corrected chi connectivity index (χ4v) is 11.4. The second-order valence-corrected chi connectivity index (χ2v) is 17.7. The Bertz CT molecular complexity index is 1700. The second kappa shape index (κ2) is 13.7. The summed E-state index contributed by atoms with van der Waals surface area (Å²) in [7, 11) is 0. The molecule has 3 heterocycles. The summed E-state index contributed by atoms with van der Waals surface area (Å²) in [6.07, 6.45) is 20.3. The number of hydrogen-bond donors (Lipinski definition) is 1. The van der Waals surface area contributed by atoms with E-state index in [0.29, 0.717) is 24.2 Å². The number of nitrogens with two attached hydrogens (primary N) is 1. The molecule has 1 saturated heterocycles. The Morgan fingerprint density at radius 2 is 1.90 bits per heavy atom. The highest BCUT2D eigenvalue weighted by molar-refractivity contribution is 5.81. The van der Waals surface area contributed by atoms with Gasteiger partial charge >= 0.3 is 12.2 Å². The van der Waals surface area contributed by atoms with Gasteiger partial charge in [-0.3, -0.25) is 4.57 Å². The minimum absolute atomic E-state index is 0.0493. The van der Waals surface area contributed by atoms with Crippen LogP contribution in [0.3, 0.4) is 0 Å². The number of fused-ring (bicyclic) bond motifs is 6. The largest absolute Gasteiger partial charge is 0.508 e. The van der Waals surface area contributed by atoms with Crippen LogP contribution in [0.4, 0.5) is 15.0 Å². The van der Waals surface area contributed by atoms with E-state index in [2.05, 4.69) is 68.5 Å². The third-order valence-corrected chi connectivity index (χ3v) is 14.9. The molecule has 0 amide bonds. The van der Waals surface area contributed by atoms with Crippen molar-refractivity contribution in [2.24, 2.45) is 52.3 Å². The number of terminal acetylenes is 1. The van der Waals surface area contributed by atoms with Gasteiger partial charge < -0.3 is 19.9 Å². The zero-order chi connectivity index (χ0) is 36.3. The lowest BCUT2D eigenvalue weighted by Gasteiger charge is -2.58. The molecule has 0 unspecified atom stereocenters. The quantitative estimate of drug-likeness (QED) is 0.119. The predicted octanol–water partition coefficient (Wildman–Crippen LogP) is 9.04. The summed E-state index contributed by atoms with van der Waals surface area (Å²) in [5.41, 5.74) is 7.27. The predicted molar refractivity (Wildman–Crippen MR) is 194 cm³/mol. The number of allylic oxidation sites excluding steroid dienone is 1. The molecule has 2 aromatic rings.